The van der Waals surface area contributed by atoms with Crippen LogP contribution in [0.4, 0.5) is 5.69 Å². The van der Waals surface area contributed by atoms with Crippen LogP contribution in [0.1, 0.15) is 33.6 Å². The summed E-state index contributed by atoms with van der Waals surface area (Å²) in [6.07, 6.45) is 0. The molecule has 0 radical (unpaired) electrons. The van der Waals surface area contributed by atoms with Gasteiger partial charge in [0.15, 0.2) is 6.61 Å². The number of thiazole rings is 1. The molecule has 1 amide bonds. The van der Waals surface area contributed by atoms with Crippen molar-refractivity contribution in [2.45, 2.75) is 41.5 Å². The molecule has 0 aliphatic heterocycles. The minimum atomic E-state index is -0.218. The van der Waals surface area contributed by atoms with Crippen LogP contribution in [0.15, 0.2) is 24.3 Å². The van der Waals surface area contributed by atoms with Crippen molar-refractivity contribution in [2.24, 2.45) is 0 Å². The Morgan fingerprint density at radius 1 is 1.06 bits per heavy atom. The zero-order valence-corrected chi connectivity index (χ0v) is 20.5. The van der Waals surface area contributed by atoms with Gasteiger partial charge in [0.05, 0.1) is 15.9 Å². The number of carbonyl (C=O) groups excluding carboxylic acids is 1. The molecule has 0 unspecified atom stereocenters. The van der Waals surface area contributed by atoms with Crippen LogP contribution in [-0.4, -0.2) is 27.3 Å². The summed E-state index contributed by atoms with van der Waals surface area (Å²) in [6.45, 7) is 11.7. The number of rotatable bonds is 5. The summed E-state index contributed by atoms with van der Waals surface area (Å²) in [7, 11) is 0. The van der Waals surface area contributed by atoms with Gasteiger partial charge >= 0.3 is 0 Å². The summed E-state index contributed by atoms with van der Waals surface area (Å²) in [5.74, 6) is 0.407. The van der Waals surface area contributed by atoms with Gasteiger partial charge in [-0.2, -0.15) is 5.10 Å². The van der Waals surface area contributed by atoms with E-state index in [-0.39, 0.29) is 12.5 Å². The molecule has 0 bridgehead atoms. The van der Waals surface area contributed by atoms with Gasteiger partial charge in [-0.15, -0.1) is 0 Å². The average Bonchev–Trinajstić information content (AvgIpc) is 3.29. The maximum Gasteiger partial charge on any atom is 0.262 e. The van der Waals surface area contributed by atoms with Gasteiger partial charge in [-0.3, -0.25) is 4.79 Å². The van der Waals surface area contributed by atoms with E-state index in [1.165, 1.54) is 0 Å². The van der Waals surface area contributed by atoms with Crippen molar-refractivity contribution in [2.75, 3.05) is 11.9 Å². The van der Waals surface area contributed by atoms with Gasteiger partial charge in [-0.25, -0.2) is 9.67 Å². The predicted molar refractivity (Wildman–Crippen MR) is 131 cm³/mol. The molecule has 32 heavy (non-hydrogen) atoms. The van der Waals surface area contributed by atoms with Crippen molar-refractivity contribution >= 4 is 44.7 Å². The van der Waals surface area contributed by atoms with E-state index in [2.05, 4.69) is 10.4 Å². The quantitative estimate of drug-likeness (QED) is 0.389. The Hall–Kier alpha value is -2.90. The number of nitrogens with zero attached hydrogens (tertiary/aromatic N) is 3. The molecule has 0 saturated carbocycles. The van der Waals surface area contributed by atoms with E-state index in [1.807, 2.05) is 70.5 Å². The van der Waals surface area contributed by atoms with Crippen molar-refractivity contribution in [3.05, 3.63) is 62.9 Å². The minimum absolute atomic E-state index is 0.0862. The molecular weight excluding hydrogens is 444 g/mol. The van der Waals surface area contributed by atoms with Crippen LogP contribution in [0.5, 0.6) is 5.75 Å². The summed E-state index contributed by atoms with van der Waals surface area (Å²) in [6, 6.07) is 7.70. The van der Waals surface area contributed by atoms with Gasteiger partial charge in [0.1, 0.15) is 5.75 Å². The first-order valence-corrected chi connectivity index (χ1v) is 11.5. The third kappa shape index (κ3) is 4.23. The van der Waals surface area contributed by atoms with E-state index < -0.39 is 0 Å². The maximum absolute atomic E-state index is 12.6. The number of anilines is 1. The fourth-order valence-electron chi connectivity index (χ4n) is 3.79. The molecule has 1 N–H and O–H groups in total. The second-order valence-corrected chi connectivity index (χ2v) is 9.44. The number of amides is 1. The molecule has 2 aromatic carbocycles. The second kappa shape index (κ2) is 8.56. The van der Waals surface area contributed by atoms with Crippen LogP contribution >= 0.6 is 22.9 Å². The summed E-state index contributed by atoms with van der Waals surface area (Å²) in [4.78, 5) is 17.4. The number of benzene rings is 2. The van der Waals surface area contributed by atoms with E-state index in [0.29, 0.717) is 10.8 Å². The predicted octanol–water partition coefficient (Wildman–Crippen LogP) is 6.00. The molecule has 0 saturated heterocycles. The smallest absolute Gasteiger partial charge is 0.262 e. The number of hydrogen-bond acceptors (Lipinski definition) is 5. The highest BCUT2D eigenvalue weighted by Gasteiger charge is 2.17. The number of nitrogens with one attached hydrogen (secondary N) is 1. The van der Waals surface area contributed by atoms with Crippen molar-refractivity contribution in [1.29, 1.82) is 0 Å². The number of hydrogen-bond donors (Lipinski definition) is 1. The standard InChI is InChI=1S/C24H25ClN4O2S/c1-12-7-18(8-13(2)21(12)25)31-11-20(30)27-22-14(3)9-19-23(17(22)6)32-24(26-19)29-16(5)10-15(4)28-29/h7-10H,11H2,1-6H3,(H,27,30). The lowest BCUT2D eigenvalue weighted by molar-refractivity contribution is -0.118. The first-order chi connectivity index (χ1) is 15.1. The molecule has 4 rings (SSSR count). The van der Waals surface area contributed by atoms with Gasteiger partial charge in [0.25, 0.3) is 5.91 Å². The Morgan fingerprint density at radius 3 is 2.38 bits per heavy atom. The Balaban J connectivity index is 1.56. The van der Waals surface area contributed by atoms with E-state index in [1.54, 1.807) is 11.3 Å². The molecular formula is C24H25ClN4O2S. The van der Waals surface area contributed by atoms with Crippen LogP contribution in [0.2, 0.25) is 5.02 Å². The highest BCUT2D eigenvalue weighted by Crippen LogP contribution is 2.35. The van der Waals surface area contributed by atoms with Crippen molar-refractivity contribution in [1.82, 2.24) is 14.8 Å². The van der Waals surface area contributed by atoms with Crippen LogP contribution in [0, 0.1) is 41.5 Å². The minimum Gasteiger partial charge on any atom is -0.484 e. The zero-order valence-electron chi connectivity index (χ0n) is 19.0. The van der Waals surface area contributed by atoms with Gasteiger partial charge < -0.3 is 10.1 Å². The zero-order chi connectivity index (χ0) is 23.2. The lowest BCUT2D eigenvalue weighted by Crippen LogP contribution is -2.21. The Bertz CT molecular complexity index is 1330. The van der Waals surface area contributed by atoms with Gasteiger partial charge in [-0.05, 0) is 88.1 Å². The van der Waals surface area contributed by atoms with Crippen LogP contribution in [-0.2, 0) is 4.79 Å². The van der Waals surface area contributed by atoms with E-state index >= 15 is 0 Å². The topological polar surface area (TPSA) is 69.0 Å². The van der Waals surface area contributed by atoms with Crippen molar-refractivity contribution in [3.8, 4) is 10.9 Å². The Kier molecular flexibility index (Phi) is 5.97. The molecule has 0 aliphatic carbocycles. The van der Waals surface area contributed by atoms with Crippen LogP contribution in [0.25, 0.3) is 15.3 Å². The normalized spacial score (nSPS) is 11.2. The third-order valence-electron chi connectivity index (χ3n) is 5.34. The summed E-state index contributed by atoms with van der Waals surface area (Å²) < 4.78 is 8.59. The van der Waals surface area contributed by atoms with E-state index in [0.717, 1.165) is 54.7 Å². The van der Waals surface area contributed by atoms with Crippen LogP contribution < -0.4 is 10.1 Å². The fraction of sp³-hybridized carbons (Fsp3) is 0.292. The lowest BCUT2D eigenvalue weighted by Gasteiger charge is -2.13. The van der Waals surface area contributed by atoms with Crippen molar-refractivity contribution < 1.29 is 9.53 Å². The average molecular weight is 469 g/mol. The summed E-state index contributed by atoms with van der Waals surface area (Å²) in [5, 5.41) is 9.08. The fourth-order valence-corrected chi connectivity index (χ4v) is 4.96. The Morgan fingerprint density at radius 2 is 1.75 bits per heavy atom. The van der Waals surface area contributed by atoms with Gasteiger partial charge in [-0.1, -0.05) is 22.9 Å². The number of halogens is 1. The first kappa shape index (κ1) is 22.3. The number of aromatic nitrogens is 3. The molecule has 0 atom stereocenters. The number of aryl methyl sites for hydroxylation is 6. The second-order valence-electron chi connectivity index (χ2n) is 8.08. The molecule has 6 nitrogen and oxygen atoms in total. The Labute approximate surface area is 196 Å². The van der Waals surface area contributed by atoms with E-state index in [9.17, 15) is 4.79 Å². The maximum atomic E-state index is 12.6. The molecule has 166 valence electrons. The number of fused-ring (bicyclic) bond motifs is 1. The largest absolute Gasteiger partial charge is 0.484 e. The van der Waals surface area contributed by atoms with Crippen molar-refractivity contribution in [3.63, 3.8) is 0 Å². The molecule has 0 aliphatic rings. The lowest BCUT2D eigenvalue weighted by atomic mass is 10.1. The van der Waals surface area contributed by atoms with Crippen LogP contribution in [0.3, 0.4) is 0 Å². The molecule has 0 fully saturated rings. The van der Waals surface area contributed by atoms with Gasteiger partial charge in [0.2, 0.25) is 5.13 Å². The third-order valence-corrected chi connectivity index (χ3v) is 7.10. The molecule has 0 spiro atoms. The summed E-state index contributed by atoms with van der Waals surface area (Å²) in [5.41, 5.74) is 7.45. The van der Waals surface area contributed by atoms with E-state index in [4.69, 9.17) is 21.3 Å². The first-order valence-electron chi connectivity index (χ1n) is 10.3. The molecule has 8 heteroatoms. The molecule has 2 aromatic heterocycles. The SMILES string of the molecule is Cc1cc(C)n(-c2nc3cc(C)c(NC(=O)COc4cc(C)c(Cl)c(C)c4)c(C)c3s2)n1. The number of ether oxygens (including phenoxy) is 1. The number of carbonyl (C=O) groups is 1. The molecule has 4 aromatic rings. The van der Waals surface area contributed by atoms with Gasteiger partial charge in [0, 0.05) is 16.4 Å². The highest BCUT2D eigenvalue weighted by molar-refractivity contribution is 7.21. The highest BCUT2D eigenvalue weighted by atomic mass is 35.5. The monoisotopic (exact) mass is 468 g/mol. The summed E-state index contributed by atoms with van der Waals surface area (Å²) >= 11 is 7.77. The molecule has 2 heterocycles.